The van der Waals surface area contributed by atoms with Crippen LogP contribution in [0.25, 0.3) is 10.9 Å². The van der Waals surface area contributed by atoms with Crippen LogP contribution in [0, 0.1) is 0 Å². The average molecular weight is 225 g/mol. The van der Waals surface area contributed by atoms with Crippen LogP contribution in [0.5, 0.6) is 0 Å². The van der Waals surface area contributed by atoms with Crippen molar-refractivity contribution in [3.8, 4) is 0 Å². The summed E-state index contributed by atoms with van der Waals surface area (Å²) in [5.74, 6) is 0. The lowest BCUT2D eigenvalue weighted by Gasteiger charge is -1.89. The third-order valence-corrected chi connectivity index (χ3v) is 2.27. The van der Waals surface area contributed by atoms with Gasteiger partial charge in [0.25, 0.3) is 0 Å². The molecule has 0 saturated carbocycles. The van der Waals surface area contributed by atoms with Crippen LogP contribution in [-0.2, 0) is 0 Å². The number of hydrogen-bond acceptors (Lipinski definition) is 2. The third kappa shape index (κ3) is 1.04. The molecular weight excluding hydrogens is 220 g/mol. The van der Waals surface area contributed by atoms with Gasteiger partial charge in [0.15, 0.2) is 0 Å². The number of aldehydes is 1. The van der Waals surface area contributed by atoms with Crippen LogP contribution < -0.4 is 0 Å². The van der Waals surface area contributed by atoms with Crippen LogP contribution in [-0.4, -0.2) is 16.5 Å². The van der Waals surface area contributed by atoms with E-state index in [-0.39, 0.29) is 0 Å². The Bertz CT molecular complexity index is 436. The first kappa shape index (κ1) is 7.49. The summed E-state index contributed by atoms with van der Waals surface area (Å²) < 4.78 is 0.843. The quantitative estimate of drug-likeness (QED) is 0.755. The van der Waals surface area contributed by atoms with Gasteiger partial charge in [-0.3, -0.25) is 9.89 Å². The summed E-state index contributed by atoms with van der Waals surface area (Å²) in [6, 6.07) is 5.35. The van der Waals surface area contributed by atoms with E-state index in [1.165, 1.54) is 0 Å². The first-order chi connectivity index (χ1) is 5.81. The number of carbonyl (C=O) groups excluding carboxylic acids is 1. The SMILES string of the molecule is O=Cc1ccc2c(Br)[nH]nc2c1. The number of aromatic amines is 1. The van der Waals surface area contributed by atoms with E-state index in [1.807, 2.05) is 6.07 Å². The van der Waals surface area contributed by atoms with Crippen molar-refractivity contribution in [3.63, 3.8) is 0 Å². The van der Waals surface area contributed by atoms with Crippen molar-refractivity contribution in [2.24, 2.45) is 0 Å². The zero-order chi connectivity index (χ0) is 8.55. The zero-order valence-electron chi connectivity index (χ0n) is 6.04. The monoisotopic (exact) mass is 224 g/mol. The Morgan fingerprint density at radius 1 is 1.50 bits per heavy atom. The third-order valence-electron chi connectivity index (χ3n) is 1.67. The van der Waals surface area contributed by atoms with Gasteiger partial charge in [0, 0.05) is 10.9 Å². The van der Waals surface area contributed by atoms with Gasteiger partial charge >= 0.3 is 0 Å². The second-order valence-corrected chi connectivity index (χ2v) is 3.23. The van der Waals surface area contributed by atoms with Crippen LogP contribution in [0.2, 0.25) is 0 Å². The minimum absolute atomic E-state index is 0.640. The van der Waals surface area contributed by atoms with Gasteiger partial charge in [-0.1, -0.05) is 6.07 Å². The smallest absolute Gasteiger partial charge is 0.150 e. The molecule has 0 unspecified atom stereocenters. The Hall–Kier alpha value is -1.16. The maximum Gasteiger partial charge on any atom is 0.150 e. The van der Waals surface area contributed by atoms with Gasteiger partial charge in [0.05, 0.1) is 5.52 Å². The minimum Gasteiger partial charge on any atom is -0.298 e. The first-order valence-corrected chi connectivity index (χ1v) is 4.19. The summed E-state index contributed by atoms with van der Waals surface area (Å²) in [6.45, 7) is 0. The summed E-state index contributed by atoms with van der Waals surface area (Å²) in [5, 5.41) is 7.76. The molecular formula is C8H5BrN2O. The van der Waals surface area contributed by atoms with E-state index >= 15 is 0 Å². The van der Waals surface area contributed by atoms with E-state index in [4.69, 9.17) is 0 Å². The second-order valence-electron chi connectivity index (χ2n) is 2.43. The molecule has 0 saturated heterocycles. The molecule has 0 fully saturated rings. The molecule has 0 aliphatic rings. The number of hydrogen-bond donors (Lipinski definition) is 1. The Morgan fingerprint density at radius 3 is 3.08 bits per heavy atom. The molecule has 1 aromatic carbocycles. The highest BCUT2D eigenvalue weighted by atomic mass is 79.9. The Morgan fingerprint density at radius 2 is 2.33 bits per heavy atom. The molecule has 3 nitrogen and oxygen atoms in total. The number of benzene rings is 1. The highest BCUT2D eigenvalue weighted by Crippen LogP contribution is 2.20. The molecule has 1 heterocycles. The van der Waals surface area contributed by atoms with Crippen molar-refractivity contribution in [2.45, 2.75) is 0 Å². The predicted octanol–water partition coefficient (Wildman–Crippen LogP) is 2.14. The lowest BCUT2D eigenvalue weighted by atomic mass is 10.2. The molecule has 0 atom stereocenters. The van der Waals surface area contributed by atoms with Crippen LogP contribution in [0.3, 0.4) is 0 Å². The van der Waals surface area contributed by atoms with Crippen LogP contribution in [0.4, 0.5) is 0 Å². The summed E-state index contributed by atoms with van der Waals surface area (Å²) >= 11 is 3.31. The van der Waals surface area contributed by atoms with Gasteiger partial charge < -0.3 is 0 Å². The molecule has 1 N–H and O–H groups in total. The van der Waals surface area contributed by atoms with Gasteiger partial charge in [-0.25, -0.2) is 0 Å². The van der Waals surface area contributed by atoms with Crippen molar-refractivity contribution in [1.29, 1.82) is 0 Å². The highest BCUT2D eigenvalue weighted by Gasteiger charge is 2.01. The lowest BCUT2D eigenvalue weighted by Crippen LogP contribution is -1.77. The molecule has 2 aromatic rings. The molecule has 0 radical (unpaired) electrons. The average Bonchev–Trinajstić information content (AvgIpc) is 2.47. The number of H-pyrrole nitrogens is 1. The number of halogens is 1. The molecule has 0 aliphatic carbocycles. The largest absolute Gasteiger partial charge is 0.298 e. The van der Waals surface area contributed by atoms with Gasteiger partial charge in [-0.15, -0.1) is 0 Å². The number of nitrogens with zero attached hydrogens (tertiary/aromatic N) is 1. The van der Waals surface area contributed by atoms with Crippen molar-refractivity contribution in [3.05, 3.63) is 28.4 Å². The maximum atomic E-state index is 10.4. The van der Waals surface area contributed by atoms with Gasteiger partial charge in [0.1, 0.15) is 10.9 Å². The summed E-state index contributed by atoms with van der Waals surface area (Å²) in [6.07, 6.45) is 0.808. The van der Waals surface area contributed by atoms with Crippen LogP contribution in [0.15, 0.2) is 22.8 Å². The molecule has 60 valence electrons. The summed E-state index contributed by atoms with van der Waals surface area (Å²) in [7, 11) is 0. The van der Waals surface area contributed by atoms with E-state index in [9.17, 15) is 4.79 Å². The number of fused-ring (bicyclic) bond motifs is 1. The summed E-state index contributed by atoms with van der Waals surface area (Å²) in [5.41, 5.74) is 1.44. The molecule has 12 heavy (non-hydrogen) atoms. The van der Waals surface area contributed by atoms with Crippen molar-refractivity contribution >= 4 is 33.1 Å². The van der Waals surface area contributed by atoms with E-state index in [1.54, 1.807) is 12.1 Å². The fraction of sp³-hybridized carbons (Fsp3) is 0. The van der Waals surface area contributed by atoms with E-state index in [0.717, 1.165) is 21.8 Å². The predicted molar refractivity (Wildman–Crippen MR) is 49.2 cm³/mol. The van der Waals surface area contributed by atoms with E-state index in [0.29, 0.717) is 5.56 Å². The zero-order valence-corrected chi connectivity index (χ0v) is 7.63. The van der Waals surface area contributed by atoms with Gasteiger partial charge in [-0.2, -0.15) is 5.10 Å². The fourth-order valence-electron chi connectivity index (χ4n) is 1.07. The first-order valence-electron chi connectivity index (χ1n) is 3.40. The van der Waals surface area contributed by atoms with Gasteiger partial charge in [0.2, 0.25) is 0 Å². The molecule has 0 aliphatic heterocycles. The number of carbonyl (C=O) groups is 1. The highest BCUT2D eigenvalue weighted by molar-refractivity contribution is 9.10. The number of aromatic nitrogens is 2. The van der Waals surface area contributed by atoms with Crippen molar-refractivity contribution < 1.29 is 4.79 Å². The lowest BCUT2D eigenvalue weighted by molar-refractivity contribution is 0.112. The van der Waals surface area contributed by atoms with Crippen LogP contribution >= 0.6 is 15.9 Å². The van der Waals surface area contributed by atoms with E-state index < -0.39 is 0 Å². The number of nitrogens with one attached hydrogen (secondary N) is 1. The van der Waals surface area contributed by atoms with Crippen LogP contribution in [0.1, 0.15) is 10.4 Å². The fourth-order valence-corrected chi connectivity index (χ4v) is 1.49. The molecule has 2 rings (SSSR count). The van der Waals surface area contributed by atoms with E-state index in [2.05, 4.69) is 26.1 Å². The molecule has 4 heteroatoms. The second kappa shape index (κ2) is 2.71. The number of rotatable bonds is 1. The normalized spacial score (nSPS) is 10.4. The summed E-state index contributed by atoms with van der Waals surface area (Å²) in [4.78, 5) is 10.4. The molecule has 0 spiro atoms. The topological polar surface area (TPSA) is 45.8 Å². The maximum absolute atomic E-state index is 10.4. The van der Waals surface area contributed by atoms with Crippen molar-refractivity contribution in [2.75, 3.05) is 0 Å². The standard InChI is InChI=1S/C8H5BrN2O/c9-8-6-2-1-5(4-12)3-7(6)10-11-8/h1-4H,(H,10,11). The minimum atomic E-state index is 0.640. The van der Waals surface area contributed by atoms with Gasteiger partial charge in [-0.05, 0) is 28.1 Å². The Kier molecular flexibility index (Phi) is 1.69. The molecule has 0 amide bonds. The Balaban J connectivity index is 2.77. The van der Waals surface area contributed by atoms with Crippen molar-refractivity contribution in [1.82, 2.24) is 10.2 Å². The molecule has 0 bridgehead atoms. The molecule has 1 aromatic heterocycles. The Labute approximate surface area is 76.9 Å².